The molecule has 0 bridgehead atoms. The minimum Gasteiger partial charge on any atom is -0.353 e. The van der Waals surface area contributed by atoms with Crippen molar-refractivity contribution in [3.05, 3.63) is 35.9 Å². The molecule has 3 N–H and O–H groups in total. The SMILES string of the molecule is Cl.NCC1CCCCC1NC(=O)C1CCC(c2ccccc2)CC1. The molecule has 3 rings (SSSR count). The second-order valence-electron chi connectivity index (χ2n) is 7.35. The molecule has 0 radical (unpaired) electrons. The van der Waals surface area contributed by atoms with Gasteiger partial charge in [-0.1, -0.05) is 43.2 Å². The molecule has 1 amide bonds. The van der Waals surface area contributed by atoms with Crippen molar-refractivity contribution in [2.75, 3.05) is 6.54 Å². The van der Waals surface area contributed by atoms with Crippen LogP contribution in [0.2, 0.25) is 0 Å². The van der Waals surface area contributed by atoms with Gasteiger partial charge in [0.15, 0.2) is 0 Å². The van der Waals surface area contributed by atoms with Crippen LogP contribution >= 0.6 is 12.4 Å². The van der Waals surface area contributed by atoms with Crippen LogP contribution in [-0.2, 0) is 4.79 Å². The van der Waals surface area contributed by atoms with Gasteiger partial charge in [-0.15, -0.1) is 12.4 Å². The van der Waals surface area contributed by atoms with E-state index in [9.17, 15) is 4.79 Å². The lowest BCUT2D eigenvalue weighted by Crippen LogP contribution is -2.47. The Bertz CT molecular complexity index is 500. The fraction of sp³-hybridized carbons (Fsp3) is 0.650. The summed E-state index contributed by atoms with van der Waals surface area (Å²) in [5, 5.41) is 3.33. The maximum atomic E-state index is 12.6. The molecule has 2 saturated carbocycles. The smallest absolute Gasteiger partial charge is 0.223 e. The molecule has 0 spiro atoms. The molecule has 2 aliphatic carbocycles. The molecule has 1 aromatic carbocycles. The highest BCUT2D eigenvalue weighted by molar-refractivity contribution is 5.85. The Labute approximate surface area is 152 Å². The number of benzene rings is 1. The number of carbonyl (C=O) groups excluding carboxylic acids is 1. The van der Waals surface area contributed by atoms with Crippen molar-refractivity contribution in [3.63, 3.8) is 0 Å². The van der Waals surface area contributed by atoms with Gasteiger partial charge in [0.2, 0.25) is 5.91 Å². The van der Waals surface area contributed by atoms with Crippen LogP contribution in [0.15, 0.2) is 30.3 Å². The number of halogens is 1. The van der Waals surface area contributed by atoms with Gasteiger partial charge >= 0.3 is 0 Å². The number of rotatable bonds is 4. The second kappa shape index (κ2) is 9.43. The summed E-state index contributed by atoms with van der Waals surface area (Å²) in [7, 11) is 0. The number of amides is 1. The van der Waals surface area contributed by atoms with E-state index in [4.69, 9.17) is 5.73 Å². The number of hydrogen-bond donors (Lipinski definition) is 2. The minimum absolute atomic E-state index is 0. The van der Waals surface area contributed by atoms with Crippen LogP contribution in [0.5, 0.6) is 0 Å². The van der Waals surface area contributed by atoms with E-state index < -0.39 is 0 Å². The van der Waals surface area contributed by atoms with E-state index in [2.05, 4.69) is 35.6 Å². The molecular formula is C20H31ClN2O. The lowest BCUT2D eigenvalue weighted by atomic mass is 9.78. The lowest BCUT2D eigenvalue weighted by molar-refractivity contribution is -0.127. The van der Waals surface area contributed by atoms with Gasteiger partial charge in [-0.3, -0.25) is 4.79 Å². The van der Waals surface area contributed by atoms with Gasteiger partial charge in [-0.2, -0.15) is 0 Å². The van der Waals surface area contributed by atoms with Crippen molar-refractivity contribution < 1.29 is 4.79 Å². The summed E-state index contributed by atoms with van der Waals surface area (Å²) in [5.74, 6) is 1.59. The van der Waals surface area contributed by atoms with E-state index in [1.54, 1.807) is 0 Å². The average Bonchev–Trinajstić information content (AvgIpc) is 2.63. The van der Waals surface area contributed by atoms with E-state index in [1.807, 2.05) is 0 Å². The first kappa shape index (κ1) is 19.3. The molecule has 1 aromatic rings. The van der Waals surface area contributed by atoms with Crippen molar-refractivity contribution in [2.24, 2.45) is 17.6 Å². The Kier molecular flexibility index (Phi) is 7.57. The van der Waals surface area contributed by atoms with Crippen LogP contribution in [0, 0.1) is 11.8 Å². The summed E-state index contributed by atoms with van der Waals surface area (Å²) in [6.45, 7) is 0.700. The second-order valence-corrected chi connectivity index (χ2v) is 7.35. The molecule has 4 heteroatoms. The number of nitrogens with two attached hydrogens (primary N) is 1. The quantitative estimate of drug-likeness (QED) is 0.861. The molecule has 0 aliphatic heterocycles. The number of nitrogens with one attached hydrogen (secondary N) is 1. The monoisotopic (exact) mass is 350 g/mol. The van der Waals surface area contributed by atoms with E-state index >= 15 is 0 Å². The molecule has 0 saturated heterocycles. The molecule has 3 nitrogen and oxygen atoms in total. The topological polar surface area (TPSA) is 55.1 Å². The van der Waals surface area contributed by atoms with Crippen molar-refractivity contribution >= 4 is 18.3 Å². The Morgan fingerprint density at radius 2 is 1.67 bits per heavy atom. The van der Waals surface area contributed by atoms with E-state index in [0.717, 1.165) is 32.1 Å². The van der Waals surface area contributed by atoms with Crippen LogP contribution in [0.25, 0.3) is 0 Å². The van der Waals surface area contributed by atoms with Crippen molar-refractivity contribution in [3.8, 4) is 0 Å². The predicted molar refractivity (Wildman–Crippen MR) is 101 cm³/mol. The predicted octanol–water partition coefficient (Wildman–Crippen LogP) is 4.02. The highest BCUT2D eigenvalue weighted by atomic mass is 35.5. The van der Waals surface area contributed by atoms with Crippen LogP contribution in [0.4, 0.5) is 0 Å². The summed E-state index contributed by atoms with van der Waals surface area (Å²) < 4.78 is 0. The molecule has 0 aromatic heterocycles. The summed E-state index contributed by atoms with van der Waals surface area (Å²) in [4.78, 5) is 12.6. The fourth-order valence-electron chi connectivity index (χ4n) is 4.39. The third kappa shape index (κ3) is 4.73. The zero-order chi connectivity index (χ0) is 16.1. The van der Waals surface area contributed by atoms with Gasteiger partial charge in [0.1, 0.15) is 0 Å². The first-order chi connectivity index (χ1) is 11.3. The van der Waals surface area contributed by atoms with Gasteiger partial charge in [-0.05, 0) is 62.5 Å². The Balaban J connectivity index is 0.00000208. The summed E-state index contributed by atoms with van der Waals surface area (Å²) in [6, 6.07) is 11.1. The highest BCUT2D eigenvalue weighted by Gasteiger charge is 2.31. The van der Waals surface area contributed by atoms with E-state index in [1.165, 1.54) is 24.8 Å². The van der Waals surface area contributed by atoms with Gasteiger partial charge < -0.3 is 11.1 Å². The Hall–Kier alpha value is -1.06. The molecular weight excluding hydrogens is 320 g/mol. The highest BCUT2D eigenvalue weighted by Crippen LogP contribution is 2.36. The largest absolute Gasteiger partial charge is 0.353 e. The maximum Gasteiger partial charge on any atom is 0.223 e. The molecule has 134 valence electrons. The zero-order valence-corrected chi connectivity index (χ0v) is 15.3. The molecule has 2 fully saturated rings. The van der Waals surface area contributed by atoms with Gasteiger partial charge in [0, 0.05) is 12.0 Å². The van der Waals surface area contributed by atoms with Crippen molar-refractivity contribution in [1.82, 2.24) is 5.32 Å². The molecule has 2 atom stereocenters. The normalized spacial score (nSPS) is 30.2. The van der Waals surface area contributed by atoms with Gasteiger partial charge in [0.25, 0.3) is 0 Å². The summed E-state index contributed by atoms with van der Waals surface area (Å²) in [6.07, 6.45) is 9.06. The summed E-state index contributed by atoms with van der Waals surface area (Å²) in [5.41, 5.74) is 7.31. The average molecular weight is 351 g/mol. The lowest BCUT2D eigenvalue weighted by Gasteiger charge is -2.34. The zero-order valence-electron chi connectivity index (χ0n) is 14.5. The van der Waals surface area contributed by atoms with E-state index in [0.29, 0.717) is 24.4 Å². The van der Waals surface area contributed by atoms with Crippen LogP contribution in [0.1, 0.15) is 62.8 Å². The third-order valence-corrected chi connectivity index (χ3v) is 5.91. The fourth-order valence-corrected chi connectivity index (χ4v) is 4.39. The van der Waals surface area contributed by atoms with Crippen molar-refractivity contribution in [2.45, 2.75) is 63.3 Å². The molecule has 24 heavy (non-hydrogen) atoms. The standard InChI is InChI=1S/C20H30N2O.ClH/c21-14-18-8-4-5-9-19(18)22-20(23)17-12-10-16(11-13-17)15-6-2-1-3-7-15;/h1-3,6-7,16-19H,4-5,8-14,21H2,(H,22,23);1H. The number of hydrogen-bond acceptors (Lipinski definition) is 2. The van der Waals surface area contributed by atoms with Crippen LogP contribution < -0.4 is 11.1 Å². The Morgan fingerprint density at radius 3 is 2.33 bits per heavy atom. The Morgan fingerprint density at radius 1 is 1.00 bits per heavy atom. The first-order valence-electron chi connectivity index (χ1n) is 9.33. The third-order valence-electron chi connectivity index (χ3n) is 5.91. The summed E-state index contributed by atoms with van der Waals surface area (Å²) >= 11 is 0. The van der Waals surface area contributed by atoms with E-state index in [-0.39, 0.29) is 24.2 Å². The van der Waals surface area contributed by atoms with Gasteiger partial charge in [0.05, 0.1) is 0 Å². The number of carbonyl (C=O) groups is 1. The first-order valence-corrected chi connectivity index (χ1v) is 9.33. The molecule has 2 unspecified atom stereocenters. The van der Waals surface area contributed by atoms with Crippen LogP contribution in [0.3, 0.4) is 0 Å². The molecule has 0 heterocycles. The van der Waals surface area contributed by atoms with Crippen LogP contribution in [-0.4, -0.2) is 18.5 Å². The van der Waals surface area contributed by atoms with Crippen molar-refractivity contribution in [1.29, 1.82) is 0 Å². The van der Waals surface area contributed by atoms with Gasteiger partial charge in [-0.25, -0.2) is 0 Å². The minimum atomic E-state index is 0. The molecule has 2 aliphatic rings. The maximum absolute atomic E-state index is 12.6.